The van der Waals surface area contributed by atoms with E-state index >= 15 is 0 Å². The van der Waals surface area contributed by atoms with E-state index in [-0.39, 0.29) is 5.97 Å². The first-order chi connectivity index (χ1) is 10.2. The summed E-state index contributed by atoms with van der Waals surface area (Å²) < 4.78 is 5.71. The molecule has 0 spiro atoms. The Labute approximate surface area is 124 Å². The number of hydrogen-bond donors (Lipinski definition) is 0. The van der Waals surface area contributed by atoms with E-state index < -0.39 is 6.10 Å². The van der Waals surface area contributed by atoms with Crippen molar-refractivity contribution >= 4 is 18.1 Å². The van der Waals surface area contributed by atoms with Crippen molar-refractivity contribution in [3.8, 4) is 0 Å². The fourth-order valence-corrected chi connectivity index (χ4v) is 2.48. The summed E-state index contributed by atoms with van der Waals surface area (Å²) in [6, 6.07) is 15.9. The molecule has 0 heterocycles. The summed E-state index contributed by atoms with van der Waals surface area (Å²) in [7, 11) is 0. The SMILES string of the molecule is C=C(C)C(=O)OC1c2ccccc2C=Cc2ccccc21. The highest BCUT2D eigenvalue weighted by atomic mass is 16.5. The van der Waals surface area contributed by atoms with Crippen LogP contribution in [-0.4, -0.2) is 5.97 Å². The summed E-state index contributed by atoms with van der Waals surface area (Å²) in [5.41, 5.74) is 4.52. The Kier molecular flexibility index (Phi) is 3.44. The van der Waals surface area contributed by atoms with Gasteiger partial charge in [0, 0.05) is 16.7 Å². The highest BCUT2D eigenvalue weighted by Crippen LogP contribution is 2.35. The second-order valence-corrected chi connectivity index (χ2v) is 5.16. The quantitative estimate of drug-likeness (QED) is 0.601. The molecule has 0 bridgehead atoms. The second-order valence-electron chi connectivity index (χ2n) is 5.16. The third-order valence-electron chi connectivity index (χ3n) is 3.57. The van der Waals surface area contributed by atoms with Crippen LogP contribution in [0.4, 0.5) is 0 Å². The second kappa shape index (κ2) is 5.41. The molecule has 0 fully saturated rings. The van der Waals surface area contributed by atoms with Crippen molar-refractivity contribution in [2.24, 2.45) is 0 Å². The van der Waals surface area contributed by atoms with Gasteiger partial charge in [-0.1, -0.05) is 67.3 Å². The van der Waals surface area contributed by atoms with Crippen LogP contribution in [0.5, 0.6) is 0 Å². The lowest BCUT2D eigenvalue weighted by Gasteiger charge is -2.20. The smallest absolute Gasteiger partial charge is 0.334 e. The first-order valence-electron chi connectivity index (χ1n) is 6.89. The lowest BCUT2D eigenvalue weighted by atomic mass is 9.96. The minimum Gasteiger partial charge on any atom is -0.449 e. The molecule has 2 aromatic carbocycles. The van der Waals surface area contributed by atoms with E-state index in [4.69, 9.17) is 4.74 Å². The minimum absolute atomic E-state index is 0.369. The molecule has 0 aromatic heterocycles. The van der Waals surface area contributed by atoms with Crippen molar-refractivity contribution < 1.29 is 9.53 Å². The van der Waals surface area contributed by atoms with Gasteiger partial charge in [-0.2, -0.15) is 0 Å². The van der Waals surface area contributed by atoms with Gasteiger partial charge in [0.25, 0.3) is 0 Å². The lowest BCUT2D eigenvalue weighted by Crippen LogP contribution is -2.14. The molecule has 1 aliphatic rings. The molecule has 21 heavy (non-hydrogen) atoms. The Morgan fingerprint density at radius 3 is 1.90 bits per heavy atom. The average molecular weight is 276 g/mol. The molecule has 0 amide bonds. The van der Waals surface area contributed by atoms with E-state index in [2.05, 4.69) is 18.7 Å². The number of hydrogen-bond acceptors (Lipinski definition) is 2. The van der Waals surface area contributed by atoms with E-state index in [9.17, 15) is 4.79 Å². The summed E-state index contributed by atoms with van der Waals surface area (Å²) in [6.45, 7) is 5.33. The van der Waals surface area contributed by atoms with Crippen molar-refractivity contribution in [1.29, 1.82) is 0 Å². The zero-order valence-electron chi connectivity index (χ0n) is 11.9. The van der Waals surface area contributed by atoms with Crippen LogP contribution in [0.3, 0.4) is 0 Å². The highest BCUT2D eigenvalue weighted by molar-refractivity contribution is 5.88. The van der Waals surface area contributed by atoms with Crippen molar-refractivity contribution in [2.45, 2.75) is 13.0 Å². The summed E-state index contributed by atoms with van der Waals surface area (Å²) >= 11 is 0. The van der Waals surface area contributed by atoms with Gasteiger partial charge >= 0.3 is 5.97 Å². The van der Waals surface area contributed by atoms with Gasteiger partial charge in [0.2, 0.25) is 0 Å². The van der Waals surface area contributed by atoms with Gasteiger partial charge in [-0.15, -0.1) is 0 Å². The molecule has 1 aliphatic carbocycles. The maximum Gasteiger partial charge on any atom is 0.334 e. The van der Waals surface area contributed by atoms with Crippen LogP contribution < -0.4 is 0 Å². The molecule has 104 valence electrons. The third kappa shape index (κ3) is 2.52. The third-order valence-corrected chi connectivity index (χ3v) is 3.57. The van der Waals surface area contributed by atoms with Crippen molar-refractivity contribution in [1.82, 2.24) is 0 Å². The number of rotatable bonds is 2. The summed E-state index contributed by atoms with van der Waals surface area (Å²) in [6.07, 6.45) is 3.71. The first kappa shape index (κ1) is 13.4. The standard InChI is InChI=1S/C19H16O2/c1-13(2)19(20)21-18-16-9-5-3-7-14(16)11-12-15-8-4-6-10-17(15)18/h3-12,18H,1H2,2H3. The van der Waals surface area contributed by atoms with Crippen LogP contribution in [0.15, 0.2) is 60.7 Å². The zero-order chi connectivity index (χ0) is 14.8. The Bertz CT molecular complexity index is 691. The Morgan fingerprint density at radius 2 is 1.43 bits per heavy atom. The van der Waals surface area contributed by atoms with Crippen LogP contribution in [0.25, 0.3) is 12.2 Å². The molecule has 2 nitrogen and oxygen atoms in total. The Balaban J connectivity index is 2.14. The average Bonchev–Trinajstić information content (AvgIpc) is 2.65. The van der Waals surface area contributed by atoms with Gasteiger partial charge in [-0.25, -0.2) is 4.79 Å². The first-order valence-corrected chi connectivity index (χ1v) is 6.89. The Morgan fingerprint density at radius 1 is 0.952 bits per heavy atom. The molecular weight excluding hydrogens is 260 g/mol. The normalized spacial score (nSPS) is 13.0. The minimum atomic E-state index is -0.406. The summed E-state index contributed by atoms with van der Waals surface area (Å²) in [5.74, 6) is -0.369. The van der Waals surface area contributed by atoms with Gasteiger partial charge in [0.05, 0.1) is 0 Å². The fraction of sp³-hybridized carbons (Fsp3) is 0.105. The molecule has 2 heteroatoms. The van der Waals surface area contributed by atoms with Crippen LogP contribution in [0.2, 0.25) is 0 Å². The molecule has 0 aliphatic heterocycles. The van der Waals surface area contributed by atoms with Gasteiger partial charge < -0.3 is 4.74 Å². The number of ether oxygens (including phenoxy) is 1. The molecule has 0 saturated heterocycles. The topological polar surface area (TPSA) is 26.3 Å². The number of benzene rings is 2. The van der Waals surface area contributed by atoms with E-state index in [1.165, 1.54) is 0 Å². The number of carbonyl (C=O) groups excluding carboxylic acids is 1. The van der Waals surface area contributed by atoms with Crippen LogP contribution >= 0.6 is 0 Å². The van der Waals surface area contributed by atoms with E-state index in [1.54, 1.807) is 6.92 Å². The molecular formula is C19H16O2. The van der Waals surface area contributed by atoms with Gasteiger partial charge in [0.15, 0.2) is 6.10 Å². The number of fused-ring (bicyclic) bond motifs is 2. The summed E-state index contributed by atoms with van der Waals surface area (Å²) in [4.78, 5) is 12.0. The zero-order valence-corrected chi connectivity index (χ0v) is 11.9. The molecule has 2 aromatic rings. The van der Waals surface area contributed by atoms with Gasteiger partial charge in [0.1, 0.15) is 0 Å². The van der Waals surface area contributed by atoms with E-state index in [0.29, 0.717) is 5.57 Å². The maximum absolute atomic E-state index is 12.0. The van der Waals surface area contributed by atoms with Crippen molar-refractivity contribution in [3.63, 3.8) is 0 Å². The molecule has 0 saturated carbocycles. The fourth-order valence-electron chi connectivity index (χ4n) is 2.48. The molecule has 3 rings (SSSR count). The monoisotopic (exact) mass is 276 g/mol. The Hall–Kier alpha value is -2.61. The van der Waals surface area contributed by atoms with Crippen molar-refractivity contribution in [2.75, 3.05) is 0 Å². The lowest BCUT2D eigenvalue weighted by molar-refractivity contribution is -0.142. The van der Waals surface area contributed by atoms with Crippen LogP contribution in [0, 0.1) is 0 Å². The van der Waals surface area contributed by atoms with Crippen LogP contribution in [0.1, 0.15) is 35.3 Å². The molecule has 0 N–H and O–H groups in total. The van der Waals surface area contributed by atoms with E-state index in [0.717, 1.165) is 22.3 Å². The molecule has 0 unspecified atom stereocenters. The van der Waals surface area contributed by atoms with Crippen molar-refractivity contribution in [3.05, 3.63) is 82.9 Å². The highest BCUT2D eigenvalue weighted by Gasteiger charge is 2.24. The summed E-state index contributed by atoms with van der Waals surface area (Å²) in [5, 5.41) is 0. The predicted molar refractivity (Wildman–Crippen MR) is 84.6 cm³/mol. The number of esters is 1. The largest absolute Gasteiger partial charge is 0.449 e. The van der Waals surface area contributed by atoms with E-state index in [1.807, 2.05) is 48.5 Å². The predicted octanol–water partition coefficient (Wildman–Crippen LogP) is 4.38. The van der Waals surface area contributed by atoms with Gasteiger partial charge in [-0.3, -0.25) is 0 Å². The van der Waals surface area contributed by atoms with Crippen LogP contribution in [-0.2, 0) is 9.53 Å². The molecule has 0 radical (unpaired) electrons. The van der Waals surface area contributed by atoms with Gasteiger partial charge in [-0.05, 0) is 18.1 Å². The number of carbonyl (C=O) groups is 1. The maximum atomic E-state index is 12.0. The molecule has 0 atom stereocenters.